The zero-order valence-corrected chi connectivity index (χ0v) is 15.9. The van der Waals surface area contributed by atoms with Gasteiger partial charge in [0.25, 0.3) is 0 Å². The lowest BCUT2D eigenvalue weighted by Crippen LogP contribution is -2.16. The van der Waals surface area contributed by atoms with Gasteiger partial charge in [-0.15, -0.1) is 12.3 Å². The van der Waals surface area contributed by atoms with Gasteiger partial charge in [0.05, 0.1) is 25.0 Å². The van der Waals surface area contributed by atoms with Crippen molar-refractivity contribution in [2.45, 2.75) is 25.7 Å². The van der Waals surface area contributed by atoms with Gasteiger partial charge >= 0.3 is 5.97 Å². The molecular formula is C22H23NO5. The molecule has 0 aromatic heterocycles. The number of carboxylic acid groups (broad SMARTS) is 1. The molecule has 1 atom stereocenters. The highest BCUT2D eigenvalue weighted by Crippen LogP contribution is 2.32. The van der Waals surface area contributed by atoms with Gasteiger partial charge in [-0.3, -0.25) is 4.79 Å². The molecular weight excluding hydrogens is 358 g/mol. The summed E-state index contributed by atoms with van der Waals surface area (Å²) in [7, 11) is 1.55. The first-order valence-electron chi connectivity index (χ1n) is 8.82. The van der Waals surface area contributed by atoms with Gasteiger partial charge in [0.15, 0.2) is 11.5 Å². The largest absolute Gasteiger partial charge is 0.493 e. The molecule has 0 saturated heterocycles. The Morgan fingerprint density at radius 3 is 2.64 bits per heavy atom. The minimum absolute atomic E-state index is 0.0543. The zero-order chi connectivity index (χ0) is 20.5. The Morgan fingerprint density at radius 2 is 1.96 bits per heavy atom. The van der Waals surface area contributed by atoms with Crippen LogP contribution in [0.25, 0.3) is 0 Å². The second-order valence-electron chi connectivity index (χ2n) is 6.22. The number of hydrogen-bond acceptors (Lipinski definition) is 4. The molecule has 0 aliphatic rings. The summed E-state index contributed by atoms with van der Waals surface area (Å²) < 4.78 is 11.0. The number of amides is 1. The number of carboxylic acids is 1. The van der Waals surface area contributed by atoms with Crippen LogP contribution in [0.15, 0.2) is 42.5 Å². The first kappa shape index (κ1) is 20.8. The summed E-state index contributed by atoms with van der Waals surface area (Å²) in [5.41, 5.74) is 1.24. The highest BCUT2D eigenvalue weighted by molar-refractivity contribution is 6.00. The molecule has 6 heteroatoms. The lowest BCUT2D eigenvalue weighted by atomic mass is 9.97. The van der Waals surface area contributed by atoms with Crippen molar-refractivity contribution in [2.24, 2.45) is 0 Å². The Bertz CT molecular complexity index is 885. The Hall–Kier alpha value is -3.46. The number of terminal acetylenes is 1. The molecule has 0 saturated carbocycles. The van der Waals surface area contributed by atoms with Gasteiger partial charge in [-0.1, -0.05) is 25.1 Å². The summed E-state index contributed by atoms with van der Waals surface area (Å²) in [6.07, 6.45) is 5.91. The number of anilines is 1. The lowest BCUT2D eigenvalue weighted by Gasteiger charge is -2.16. The number of rotatable bonds is 9. The van der Waals surface area contributed by atoms with Crippen molar-refractivity contribution in [1.29, 1.82) is 0 Å². The Labute approximate surface area is 164 Å². The summed E-state index contributed by atoms with van der Waals surface area (Å²) in [6.45, 7) is 2.31. The molecule has 2 rings (SSSR count). The van der Waals surface area contributed by atoms with E-state index >= 15 is 0 Å². The van der Waals surface area contributed by atoms with E-state index in [0.29, 0.717) is 24.5 Å². The fourth-order valence-corrected chi connectivity index (χ4v) is 2.71. The van der Waals surface area contributed by atoms with Crippen LogP contribution in [-0.4, -0.2) is 30.7 Å². The molecule has 0 radical (unpaired) electrons. The van der Waals surface area contributed by atoms with Crippen LogP contribution in [0.1, 0.15) is 41.6 Å². The number of hydrogen-bond donors (Lipinski definition) is 2. The van der Waals surface area contributed by atoms with Crippen LogP contribution >= 0.6 is 0 Å². The number of benzene rings is 2. The number of para-hydroxylation sites is 1. The molecule has 1 unspecified atom stereocenters. The van der Waals surface area contributed by atoms with E-state index in [-0.39, 0.29) is 29.5 Å². The summed E-state index contributed by atoms with van der Waals surface area (Å²) in [5, 5.41) is 11.9. The van der Waals surface area contributed by atoms with Crippen LogP contribution in [0.3, 0.4) is 0 Å². The van der Waals surface area contributed by atoms with Crippen molar-refractivity contribution in [3.8, 4) is 23.8 Å². The molecule has 0 bridgehead atoms. The van der Waals surface area contributed by atoms with E-state index in [0.717, 1.165) is 5.56 Å². The predicted octanol–water partition coefficient (Wildman–Crippen LogP) is 3.93. The van der Waals surface area contributed by atoms with Gasteiger partial charge in [0, 0.05) is 12.8 Å². The maximum atomic E-state index is 12.4. The highest BCUT2D eigenvalue weighted by Gasteiger charge is 2.16. The number of aromatic carboxylic acids is 1. The summed E-state index contributed by atoms with van der Waals surface area (Å²) >= 11 is 0. The third-order valence-electron chi connectivity index (χ3n) is 4.18. The normalized spacial score (nSPS) is 11.2. The quantitative estimate of drug-likeness (QED) is 0.508. The minimum Gasteiger partial charge on any atom is -0.493 e. The van der Waals surface area contributed by atoms with Crippen LogP contribution in [0.5, 0.6) is 11.5 Å². The molecule has 2 aromatic carbocycles. The van der Waals surface area contributed by atoms with Crippen molar-refractivity contribution in [1.82, 2.24) is 0 Å². The minimum atomic E-state index is -1.09. The number of carbonyl (C=O) groups is 2. The molecule has 28 heavy (non-hydrogen) atoms. The fourth-order valence-electron chi connectivity index (χ4n) is 2.71. The van der Waals surface area contributed by atoms with Crippen LogP contribution in [0, 0.1) is 12.3 Å². The summed E-state index contributed by atoms with van der Waals surface area (Å²) in [5.74, 6) is 2.21. The van der Waals surface area contributed by atoms with Gasteiger partial charge in [-0.2, -0.15) is 0 Å². The fraction of sp³-hybridized carbons (Fsp3) is 0.273. The third kappa shape index (κ3) is 5.52. The third-order valence-corrected chi connectivity index (χ3v) is 4.18. The topological polar surface area (TPSA) is 84.9 Å². The second kappa shape index (κ2) is 10.0. The van der Waals surface area contributed by atoms with Gasteiger partial charge in [0.1, 0.15) is 0 Å². The van der Waals surface area contributed by atoms with E-state index in [1.807, 2.05) is 19.1 Å². The average molecular weight is 381 g/mol. The maximum Gasteiger partial charge on any atom is 0.337 e. The van der Waals surface area contributed by atoms with Gasteiger partial charge in [-0.25, -0.2) is 4.79 Å². The number of methoxy groups -OCH3 is 1. The summed E-state index contributed by atoms with van der Waals surface area (Å²) in [6, 6.07) is 11.8. The molecule has 0 fully saturated rings. The van der Waals surface area contributed by atoms with Crippen LogP contribution in [-0.2, 0) is 4.79 Å². The molecule has 0 heterocycles. The Kier molecular flexibility index (Phi) is 7.46. The number of carbonyl (C=O) groups excluding carboxylic acids is 1. The van der Waals surface area contributed by atoms with E-state index in [2.05, 4.69) is 11.2 Å². The van der Waals surface area contributed by atoms with Gasteiger partial charge < -0.3 is 19.9 Å². The van der Waals surface area contributed by atoms with E-state index in [9.17, 15) is 14.7 Å². The van der Waals surface area contributed by atoms with Gasteiger partial charge in [0.2, 0.25) is 5.91 Å². The maximum absolute atomic E-state index is 12.4. The van der Waals surface area contributed by atoms with E-state index in [1.165, 1.54) is 6.07 Å². The average Bonchev–Trinajstić information content (AvgIpc) is 2.68. The molecule has 1 amide bonds. The Balaban J connectivity index is 2.06. The smallest absolute Gasteiger partial charge is 0.337 e. The highest BCUT2D eigenvalue weighted by atomic mass is 16.5. The van der Waals surface area contributed by atoms with Crippen molar-refractivity contribution in [3.63, 3.8) is 0 Å². The lowest BCUT2D eigenvalue weighted by molar-refractivity contribution is -0.116. The van der Waals surface area contributed by atoms with E-state index in [1.54, 1.807) is 31.4 Å². The monoisotopic (exact) mass is 381 g/mol. The second-order valence-corrected chi connectivity index (χ2v) is 6.22. The molecule has 6 nitrogen and oxygen atoms in total. The van der Waals surface area contributed by atoms with Gasteiger partial charge in [-0.05, 0) is 35.7 Å². The standard InChI is InChI=1S/C22H23NO5/c1-4-5-12-28-19-11-10-16(14-20(19)27-3)15(2)13-21(24)23-18-9-7-6-8-17(18)22(25)26/h1,6-11,14-15H,5,12-13H2,2-3H3,(H,23,24)(H,25,26). The van der Waals surface area contributed by atoms with Crippen molar-refractivity contribution in [2.75, 3.05) is 19.0 Å². The Morgan fingerprint density at radius 1 is 1.21 bits per heavy atom. The van der Waals surface area contributed by atoms with E-state index < -0.39 is 5.97 Å². The number of ether oxygens (including phenoxy) is 2. The summed E-state index contributed by atoms with van der Waals surface area (Å²) in [4.78, 5) is 23.6. The first-order chi connectivity index (χ1) is 13.5. The zero-order valence-electron chi connectivity index (χ0n) is 15.9. The van der Waals surface area contributed by atoms with E-state index in [4.69, 9.17) is 15.9 Å². The van der Waals surface area contributed by atoms with Crippen molar-refractivity contribution >= 4 is 17.6 Å². The van der Waals surface area contributed by atoms with Crippen molar-refractivity contribution < 1.29 is 24.2 Å². The molecule has 0 spiro atoms. The molecule has 2 aromatic rings. The SMILES string of the molecule is C#CCCOc1ccc(C(C)CC(=O)Nc2ccccc2C(=O)O)cc1OC. The van der Waals surface area contributed by atoms with Crippen LogP contribution in [0.4, 0.5) is 5.69 Å². The molecule has 0 aliphatic carbocycles. The predicted molar refractivity (Wildman–Crippen MR) is 107 cm³/mol. The molecule has 2 N–H and O–H groups in total. The van der Waals surface area contributed by atoms with Crippen molar-refractivity contribution in [3.05, 3.63) is 53.6 Å². The molecule has 0 aliphatic heterocycles. The first-order valence-corrected chi connectivity index (χ1v) is 8.82. The number of nitrogens with one attached hydrogen (secondary N) is 1. The van der Waals surface area contributed by atoms with Crippen LogP contribution in [0.2, 0.25) is 0 Å². The van der Waals surface area contributed by atoms with Crippen LogP contribution < -0.4 is 14.8 Å². The molecule has 146 valence electrons.